The first-order valence-electron chi connectivity index (χ1n) is 4.93. The molecule has 0 N–H and O–H groups in total. The smallest absolute Gasteiger partial charge is 0.387 e. The van der Waals surface area contributed by atoms with Crippen molar-refractivity contribution in [3.05, 3.63) is 28.1 Å². The average molecular weight is 224 g/mol. The molecule has 5 heteroatoms. The lowest BCUT2D eigenvalue weighted by molar-refractivity contribution is 0.472. The normalized spacial score (nSPS) is 10.7. The minimum Gasteiger partial charge on any atom is -0.387 e. The molecule has 2 rings (SSSR count). The number of rotatable bonds is 4. The number of thiophene rings is 1. The summed E-state index contributed by atoms with van der Waals surface area (Å²) in [6.45, 7) is 2.70. The lowest BCUT2D eigenvalue weighted by Crippen LogP contribution is -2.15. The van der Waals surface area contributed by atoms with Crippen LogP contribution >= 0.6 is 11.3 Å². The van der Waals surface area contributed by atoms with Crippen molar-refractivity contribution in [2.45, 2.75) is 26.3 Å². The third-order valence-corrected chi connectivity index (χ3v) is 2.92. The fraction of sp³-hybridized carbons (Fsp3) is 0.400. The molecule has 2 aromatic rings. The summed E-state index contributed by atoms with van der Waals surface area (Å²) in [6, 6.07) is 3.80. The molecule has 0 radical (unpaired) electrons. The summed E-state index contributed by atoms with van der Waals surface area (Å²) >= 11 is 1.51. The Morgan fingerprint density at radius 1 is 1.60 bits per heavy atom. The van der Waals surface area contributed by atoms with Gasteiger partial charge in [0.25, 0.3) is 5.89 Å². The van der Waals surface area contributed by atoms with Crippen molar-refractivity contribution in [3.63, 3.8) is 0 Å². The van der Waals surface area contributed by atoms with Crippen molar-refractivity contribution in [1.29, 1.82) is 0 Å². The molecule has 0 bridgehead atoms. The molecule has 0 fully saturated rings. The molecule has 4 nitrogen and oxygen atoms in total. The van der Waals surface area contributed by atoms with E-state index < -0.39 is 0 Å². The second-order valence-corrected chi connectivity index (χ2v) is 4.17. The Labute approximate surface area is 91.2 Å². The van der Waals surface area contributed by atoms with Gasteiger partial charge in [0, 0.05) is 6.54 Å². The SMILES string of the molecule is CCCCn1nc(-c2cccs2)oc1=O. The fourth-order valence-corrected chi connectivity index (χ4v) is 1.90. The molecule has 0 aliphatic rings. The topological polar surface area (TPSA) is 48.0 Å². The highest BCUT2D eigenvalue weighted by atomic mass is 32.1. The van der Waals surface area contributed by atoms with Gasteiger partial charge >= 0.3 is 5.76 Å². The average Bonchev–Trinajstić information content (AvgIpc) is 2.83. The molecule has 2 aromatic heterocycles. The molecule has 80 valence electrons. The summed E-state index contributed by atoms with van der Waals surface area (Å²) < 4.78 is 6.45. The molecule has 0 atom stereocenters. The van der Waals surface area contributed by atoms with Crippen LogP contribution in [0.2, 0.25) is 0 Å². The standard InChI is InChI=1S/C10H12N2O2S/c1-2-3-6-12-10(13)14-9(11-12)8-5-4-7-15-8/h4-5,7H,2-3,6H2,1H3. The van der Waals surface area contributed by atoms with Crippen molar-refractivity contribution < 1.29 is 4.42 Å². The monoisotopic (exact) mass is 224 g/mol. The molecular weight excluding hydrogens is 212 g/mol. The Morgan fingerprint density at radius 2 is 2.47 bits per heavy atom. The summed E-state index contributed by atoms with van der Waals surface area (Å²) in [5.74, 6) is 0.0537. The summed E-state index contributed by atoms with van der Waals surface area (Å²) in [7, 11) is 0. The van der Waals surface area contributed by atoms with Crippen LogP contribution in [0.25, 0.3) is 10.8 Å². The molecule has 15 heavy (non-hydrogen) atoms. The van der Waals surface area contributed by atoms with Crippen LogP contribution < -0.4 is 5.76 Å². The van der Waals surface area contributed by atoms with Gasteiger partial charge in [0.05, 0.1) is 4.88 Å². The number of aromatic nitrogens is 2. The summed E-state index contributed by atoms with van der Waals surface area (Å²) in [5, 5.41) is 6.07. The second kappa shape index (κ2) is 4.44. The molecule has 0 saturated carbocycles. The fourth-order valence-electron chi connectivity index (χ4n) is 1.26. The highest BCUT2D eigenvalue weighted by Gasteiger charge is 2.09. The van der Waals surface area contributed by atoms with Crippen LogP contribution in [-0.4, -0.2) is 9.78 Å². The summed E-state index contributed by atoms with van der Waals surface area (Å²) in [4.78, 5) is 12.3. The zero-order chi connectivity index (χ0) is 10.7. The second-order valence-electron chi connectivity index (χ2n) is 3.23. The lowest BCUT2D eigenvalue weighted by Gasteiger charge is -1.93. The van der Waals surface area contributed by atoms with Crippen LogP contribution in [0, 0.1) is 0 Å². The van der Waals surface area contributed by atoms with E-state index in [4.69, 9.17) is 4.42 Å². The van der Waals surface area contributed by atoms with Crippen LogP contribution in [0.3, 0.4) is 0 Å². The molecule has 0 aromatic carbocycles. The number of nitrogens with zero attached hydrogens (tertiary/aromatic N) is 2. The van der Waals surface area contributed by atoms with E-state index in [1.165, 1.54) is 16.0 Å². The molecule has 0 aliphatic carbocycles. The predicted molar refractivity (Wildman–Crippen MR) is 59.0 cm³/mol. The van der Waals surface area contributed by atoms with Crippen molar-refractivity contribution in [2.75, 3.05) is 0 Å². The third kappa shape index (κ3) is 2.18. The predicted octanol–water partition coefficient (Wildman–Crippen LogP) is 2.36. The Bertz CT molecular complexity index is 470. The van der Waals surface area contributed by atoms with Gasteiger partial charge in [0.1, 0.15) is 0 Å². The van der Waals surface area contributed by atoms with Crippen molar-refractivity contribution in [2.24, 2.45) is 0 Å². The van der Waals surface area contributed by atoms with Gasteiger partial charge in [-0.1, -0.05) is 19.4 Å². The van der Waals surface area contributed by atoms with Crippen molar-refractivity contribution in [3.8, 4) is 10.8 Å². The Hall–Kier alpha value is -1.36. The molecule has 0 unspecified atom stereocenters. The molecule has 0 saturated heterocycles. The van der Waals surface area contributed by atoms with E-state index in [-0.39, 0.29) is 5.76 Å². The Kier molecular flexibility index (Phi) is 3.01. The number of aryl methyl sites for hydroxylation is 1. The van der Waals surface area contributed by atoms with E-state index in [0.29, 0.717) is 12.4 Å². The number of hydrogen-bond acceptors (Lipinski definition) is 4. The van der Waals surface area contributed by atoms with E-state index in [0.717, 1.165) is 17.7 Å². The minimum atomic E-state index is -0.369. The maximum absolute atomic E-state index is 11.4. The molecule has 0 spiro atoms. The summed E-state index contributed by atoms with van der Waals surface area (Å²) in [6.07, 6.45) is 1.98. The van der Waals surface area contributed by atoms with Crippen LogP contribution in [0.5, 0.6) is 0 Å². The van der Waals surface area contributed by atoms with Gasteiger partial charge in [-0.15, -0.1) is 16.4 Å². The van der Waals surface area contributed by atoms with Crippen LogP contribution in [0.15, 0.2) is 26.7 Å². The van der Waals surface area contributed by atoms with Crippen LogP contribution in [0.1, 0.15) is 19.8 Å². The lowest BCUT2D eigenvalue weighted by atomic mass is 10.3. The summed E-state index contributed by atoms with van der Waals surface area (Å²) in [5.41, 5.74) is 0. The highest BCUT2D eigenvalue weighted by Crippen LogP contribution is 2.20. The van der Waals surface area contributed by atoms with E-state index in [2.05, 4.69) is 12.0 Å². The largest absolute Gasteiger partial charge is 0.437 e. The van der Waals surface area contributed by atoms with Gasteiger partial charge in [-0.2, -0.15) is 4.68 Å². The first kappa shape index (κ1) is 10.2. The first-order chi connectivity index (χ1) is 7.31. The van der Waals surface area contributed by atoms with Crippen molar-refractivity contribution >= 4 is 11.3 Å². The molecule has 0 amide bonds. The highest BCUT2D eigenvalue weighted by molar-refractivity contribution is 7.13. The number of hydrogen-bond donors (Lipinski definition) is 0. The van der Waals surface area contributed by atoms with Gasteiger partial charge in [-0.05, 0) is 17.9 Å². The molecule has 2 heterocycles. The van der Waals surface area contributed by atoms with Crippen LogP contribution in [-0.2, 0) is 6.54 Å². The van der Waals surface area contributed by atoms with Gasteiger partial charge in [-0.25, -0.2) is 4.79 Å². The first-order valence-corrected chi connectivity index (χ1v) is 5.81. The van der Waals surface area contributed by atoms with E-state index in [9.17, 15) is 4.79 Å². The zero-order valence-electron chi connectivity index (χ0n) is 8.47. The van der Waals surface area contributed by atoms with Gasteiger partial charge < -0.3 is 4.42 Å². The third-order valence-electron chi connectivity index (χ3n) is 2.06. The van der Waals surface area contributed by atoms with Gasteiger partial charge in [0.15, 0.2) is 0 Å². The maximum atomic E-state index is 11.4. The Morgan fingerprint density at radius 3 is 3.13 bits per heavy atom. The van der Waals surface area contributed by atoms with E-state index >= 15 is 0 Å². The number of unbranched alkanes of at least 4 members (excludes halogenated alkanes) is 1. The quantitative estimate of drug-likeness (QED) is 0.801. The minimum absolute atomic E-state index is 0.369. The van der Waals surface area contributed by atoms with E-state index in [1.54, 1.807) is 0 Å². The maximum Gasteiger partial charge on any atom is 0.437 e. The molecule has 0 aliphatic heterocycles. The zero-order valence-corrected chi connectivity index (χ0v) is 9.29. The van der Waals surface area contributed by atoms with E-state index in [1.807, 2.05) is 17.5 Å². The molecular formula is C10H12N2O2S. The Balaban J connectivity index is 2.25. The van der Waals surface area contributed by atoms with Gasteiger partial charge in [0.2, 0.25) is 0 Å². The van der Waals surface area contributed by atoms with Gasteiger partial charge in [-0.3, -0.25) is 0 Å². The van der Waals surface area contributed by atoms with Crippen molar-refractivity contribution in [1.82, 2.24) is 9.78 Å². The van der Waals surface area contributed by atoms with Crippen LogP contribution in [0.4, 0.5) is 0 Å².